The van der Waals surface area contributed by atoms with Crippen LogP contribution >= 0.6 is 0 Å². The number of nitrogens with one attached hydrogen (secondary N) is 2. The number of carboxylic acid groups (broad SMARTS) is 1. The molecule has 0 radical (unpaired) electrons. The van der Waals surface area contributed by atoms with Crippen molar-refractivity contribution >= 4 is 21.8 Å². The third-order valence-corrected chi connectivity index (χ3v) is 4.01. The molecule has 0 rings (SSSR count). The molecule has 0 aliphatic rings. The third kappa shape index (κ3) is 9.25. The van der Waals surface area contributed by atoms with Crippen LogP contribution < -0.4 is 10.6 Å². The van der Waals surface area contributed by atoms with Gasteiger partial charge >= 0.3 is 12.0 Å². The summed E-state index contributed by atoms with van der Waals surface area (Å²) in [7, 11) is -3.14. The number of aliphatic hydroxyl groups is 1. The highest BCUT2D eigenvalue weighted by Gasteiger charge is 2.24. The summed E-state index contributed by atoms with van der Waals surface area (Å²) < 4.78 is 22.3. The van der Waals surface area contributed by atoms with Crippen LogP contribution in [0.25, 0.3) is 0 Å². The zero-order chi connectivity index (χ0) is 15.1. The Morgan fingerprint density at radius 2 is 1.84 bits per heavy atom. The molecular formula is C10H20N2O6S. The van der Waals surface area contributed by atoms with E-state index >= 15 is 0 Å². The number of sulfone groups is 1. The zero-order valence-electron chi connectivity index (χ0n) is 11.0. The molecule has 0 bridgehead atoms. The van der Waals surface area contributed by atoms with Gasteiger partial charge in [-0.2, -0.15) is 0 Å². The fourth-order valence-corrected chi connectivity index (χ4v) is 1.89. The first kappa shape index (κ1) is 17.6. The van der Waals surface area contributed by atoms with E-state index in [0.717, 1.165) is 0 Å². The minimum Gasteiger partial charge on any atom is -0.481 e. The number of amides is 2. The van der Waals surface area contributed by atoms with Crippen LogP contribution in [-0.2, 0) is 14.6 Å². The molecule has 1 unspecified atom stereocenters. The quantitative estimate of drug-likeness (QED) is 0.451. The maximum atomic E-state index is 11.3. The molecule has 0 aromatic rings. The zero-order valence-corrected chi connectivity index (χ0v) is 11.8. The Bertz CT molecular complexity index is 418. The molecule has 0 aromatic heterocycles. The van der Waals surface area contributed by atoms with Crippen molar-refractivity contribution in [3.8, 4) is 0 Å². The van der Waals surface area contributed by atoms with Crippen molar-refractivity contribution in [1.82, 2.24) is 10.6 Å². The van der Waals surface area contributed by atoms with E-state index in [9.17, 15) is 23.1 Å². The molecule has 0 heterocycles. The second kappa shape index (κ2) is 7.29. The lowest BCUT2D eigenvalue weighted by atomic mass is 10.0. The number of aliphatic carboxylic acids is 1. The monoisotopic (exact) mass is 296 g/mol. The van der Waals surface area contributed by atoms with E-state index in [1.807, 2.05) is 0 Å². The molecule has 1 atom stereocenters. The van der Waals surface area contributed by atoms with E-state index < -0.39 is 33.9 Å². The van der Waals surface area contributed by atoms with Crippen molar-refractivity contribution in [1.29, 1.82) is 0 Å². The largest absolute Gasteiger partial charge is 0.481 e. The molecule has 0 spiro atoms. The average molecular weight is 296 g/mol. The van der Waals surface area contributed by atoms with Gasteiger partial charge in [0.2, 0.25) is 0 Å². The summed E-state index contributed by atoms with van der Waals surface area (Å²) in [5.74, 6) is -1.34. The normalized spacial score (nSPS) is 14.5. The Morgan fingerprint density at radius 1 is 1.26 bits per heavy atom. The Hall–Kier alpha value is -1.35. The van der Waals surface area contributed by atoms with E-state index in [0.29, 0.717) is 0 Å². The van der Waals surface area contributed by atoms with Gasteiger partial charge in [0.1, 0.15) is 0 Å². The predicted octanol–water partition coefficient (Wildman–Crippen LogP) is -1.05. The number of urea groups is 1. The summed E-state index contributed by atoms with van der Waals surface area (Å²) in [5.41, 5.74) is -1.56. The lowest BCUT2D eigenvalue weighted by Crippen LogP contribution is -2.46. The topological polar surface area (TPSA) is 133 Å². The van der Waals surface area contributed by atoms with Gasteiger partial charge in [0.25, 0.3) is 0 Å². The molecule has 112 valence electrons. The first-order chi connectivity index (χ1) is 8.58. The first-order valence-electron chi connectivity index (χ1n) is 5.74. The average Bonchev–Trinajstić information content (AvgIpc) is 2.24. The molecular weight excluding hydrogens is 276 g/mol. The maximum Gasteiger partial charge on any atom is 0.314 e. The Labute approximate surface area is 112 Å². The number of carbonyl (C=O) groups is 2. The number of carboxylic acids is 1. The molecule has 19 heavy (non-hydrogen) atoms. The first-order valence-corrected chi connectivity index (χ1v) is 7.56. The van der Waals surface area contributed by atoms with Gasteiger partial charge in [-0.1, -0.05) is 6.92 Å². The minimum atomic E-state index is -3.14. The Morgan fingerprint density at radius 3 is 2.32 bits per heavy atom. The van der Waals surface area contributed by atoms with Crippen molar-refractivity contribution < 1.29 is 28.2 Å². The highest BCUT2D eigenvalue weighted by molar-refractivity contribution is 7.91. The van der Waals surface area contributed by atoms with Crippen LogP contribution in [0, 0.1) is 0 Å². The van der Waals surface area contributed by atoms with E-state index in [4.69, 9.17) is 5.11 Å². The van der Waals surface area contributed by atoms with Crippen LogP contribution in [0.3, 0.4) is 0 Å². The Kier molecular flexibility index (Phi) is 6.77. The molecule has 0 saturated heterocycles. The number of carbonyl (C=O) groups excluding carboxylic acids is 1. The van der Waals surface area contributed by atoms with Gasteiger partial charge in [-0.25, -0.2) is 13.2 Å². The fraction of sp³-hybridized carbons (Fsp3) is 0.800. The molecule has 8 nitrogen and oxygen atoms in total. The molecule has 2 amide bonds. The van der Waals surface area contributed by atoms with Crippen LogP contribution in [0.4, 0.5) is 4.79 Å². The van der Waals surface area contributed by atoms with Crippen LogP contribution in [0.5, 0.6) is 0 Å². The highest BCUT2D eigenvalue weighted by Crippen LogP contribution is 2.06. The molecule has 9 heteroatoms. The van der Waals surface area contributed by atoms with Crippen molar-refractivity contribution in [3.63, 3.8) is 0 Å². The highest BCUT2D eigenvalue weighted by atomic mass is 32.2. The summed E-state index contributed by atoms with van der Waals surface area (Å²) in [6, 6.07) is -0.656. The van der Waals surface area contributed by atoms with Crippen LogP contribution in [0.15, 0.2) is 0 Å². The molecule has 0 aliphatic carbocycles. The number of hydrogen-bond donors (Lipinski definition) is 4. The molecule has 0 aromatic carbocycles. The van der Waals surface area contributed by atoms with Gasteiger partial charge in [-0.05, 0) is 6.92 Å². The second-order valence-electron chi connectivity index (χ2n) is 4.41. The van der Waals surface area contributed by atoms with Crippen molar-refractivity contribution in [2.45, 2.75) is 25.9 Å². The summed E-state index contributed by atoms with van der Waals surface area (Å²) in [6.07, 6.45) is -0.502. The van der Waals surface area contributed by atoms with Gasteiger partial charge in [0, 0.05) is 18.8 Å². The lowest BCUT2D eigenvalue weighted by molar-refractivity contribution is -0.141. The fourth-order valence-electron chi connectivity index (χ4n) is 1.19. The van der Waals surface area contributed by atoms with E-state index in [-0.39, 0.29) is 24.6 Å². The minimum absolute atomic E-state index is 0.00359. The molecule has 0 aliphatic heterocycles. The van der Waals surface area contributed by atoms with Gasteiger partial charge in [0.15, 0.2) is 9.84 Å². The number of rotatable bonds is 8. The predicted molar refractivity (Wildman–Crippen MR) is 68.6 cm³/mol. The lowest BCUT2D eigenvalue weighted by Gasteiger charge is -2.21. The maximum absolute atomic E-state index is 11.3. The summed E-state index contributed by atoms with van der Waals surface area (Å²) >= 11 is 0. The third-order valence-electron chi connectivity index (χ3n) is 2.30. The summed E-state index contributed by atoms with van der Waals surface area (Å²) in [5, 5.41) is 22.7. The Balaban J connectivity index is 3.97. The van der Waals surface area contributed by atoms with Crippen LogP contribution in [0.1, 0.15) is 20.3 Å². The van der Waals surface area contributed by atoms with Crippen LogP contribution in [0.2, 0.25) is 0 Å². The SMILES string of the molecule is CCS(=O)(=O)CCNC(=O)NCC(C)(O)CC(=O)O. The standard InChI is InChI=1S/C10H20N2O6S/c1-3-19(17,18)5-4-11-9(15)12-7-10(2,16)6-8(13)14/h16H,3-7H2,1-2H3,(H,13,14)(H2,11,12,15). The van der Waals surface area contributed by atoms with E-state index in [1.165, 1.54) is 13.8 Å². The van der Waals surface area contributed by atoms with E-state index in [2.05, 4.69) is 10.6 Å². The van der Waals surface area contributed by atoms with Crippen LogP contribution in [-0.4, -0.2) is 60.8 Å². The molecule has 0 saturated carbocycles. The second-order valence-corrected chi connectivity index (χ2v) is 6.89. The van der Waals surface area contributed by atoms with Gasteiger partial charge in [-0.3, -0.25) is 4.79 Å². The summed E-state index contributed by atoms with van der Waals surface area (Å²) in [4.78, 5) is 21.7. The smallest absolute Gasteiger partial charge is 0.314 e. The van der Waals surface area contributed by atoms with Crippen molar-refractivity contribution in [2.75, 3.05) is 24.6 Å². The number of hydrogen-bond acceptors (Lipinski definition) is 5. The van der Waals surface area contributed by atoms with E-state index in [1.54, 1.807) is 0 Å². The van der Waals surface area contributed by atoms with Gasteiger partial charge in [0.05, 0.1) is 17.8 Å². The summed E-state index contributed by atoms with van der Waals surface area (Å²) in [6.45, 7) is 2.51. The van der Waals surface area contributed by atoms with Crippen molar-refractivity contribution in [2.24, 2.45) is 0 Å². The van der Waals surface area contributed by atoms with Gasteiger partial charge < -0.3 is 20.8 Å². The van der Waals surface area contributed by atoms with Crippen molar-refractivity contribution in [3.05, 3.63) is 0 Å². The van der Waals surface area contributed by atoms with Gasteiger partial charge in [-0.15, -0.1) is 0 Å². The molecule has 0 fully saturated rings. The molecule has 4 N–H and O–H groups in total.